The molecule has 2 fully saturated rings. The highest BCUT2D eigenvalue weighted by Crippen LogP contribution is 2.37. The molecule has 106 valence electrons. The fraction of sp³-hybridized carbons (Fsp3) is 0.688. The Morgan fingerprint density at radius 2 is 1.89 bits per heavy atom. The molecule has 3 nitrogen and oxygen atoms in total. The zero-order valence-electron chi connectivity index (χ0n) is 12.3. The zero-order valence-corrected chi connectivity index (χ0v) is 12.3. The second-order valence-corrected chi connectivity index (χ2v) is 6.60. The van der Waals surface area contributed by atoms with Crippen molar-refractivity contribution in [2.24, 2.45) is 0 Å². The summed E-state index contributed by atoms with van der Waals surface area (Å²) in [7, 11) is 0. The van der Waals surface area contributed by atoms with Gasteiger partial charge in [0, 0.05) is 12.1 Å². The maximum Gasteiger partial charge on any atom is 0.410 e. The highest BCUT2D eigenvalue weighted by atomic mass is 16.6. The van der Waals surface area contributed by atoms with Crippen molar-refractivity contribution >= 4 is 6.09 Å². The van der Waals surface area contributed by atoms with Crippen LogP contribution in [0.15, 0.2) is 24.3 Å². The lowest BCUT2D eigenvalue weighted by atomic mass is 9.82. The summed E-state index contributed by atoms with van der Waals surface area (Å²) in [6.07, 6.45) is 9.17. The first-order valence-electron chi connectivity index (χ1n) is 7.22. The molecule has 1 amide bonds. The Bertz CT molecular complexity index is 376. The Labute approximate surface area is 116 Å². The number of rotatable bonds is 1. The number of allylic oxidation sites excluding steroid dienone is 2. The summed E-state index contributed by atoms with van der Waals surface area (Å²) in [5.74, 6) is 0. The third kappa shape index (κ3) is 3.40. The second kappa shape index (κ2) is 5.40. The minimum atomic E-state index is -0.414. The van der Waals surface area contributed by atoms with Gasteiger partial charge in [-0.05, 0) is 52.9 Å². The maximum atomic E-state index is 12.4. The number of carbonyl (C=O) groups excluding carboxylic acids is 1. The molecule has 0 radical (unpaired) electrons. The van der Waals surface area contributed by atoms with Crippen LogP contribution < -0.4 is 0 Å². The van der Waals surface area contributed by atoms with E-state index in [1.807, 2.05) is 31.7 Å². The molecule has 0 aromatic carbocycles. The SMILES string of the molecule is C=CC=C1CC2CCCC(C1)N2C(=O)OC(C)(C)C. The largest absolute Gasteiger partial charge is 0.444 e. The van der Waals surface area contributed by atoms with Crippen LogP contribution in [-0.4, -0.2) is 28.7 Å². The molecule has 0 spiro atoms. The number of hydrogen-bond acceptors (Lipinski definition) is 2. The quantitative estimate of drug-likeness (QED) is 0.714. The number of fused-ring (bicyclic) bond motifs is 2. The molecule has 2 heterocycles. The number of hydrogen-bond donors (Lipinski definition) is 0. The Balaban J connectivity index is 2.12. The maximum absolute atomic E-state index is 12.4. The lowest BCUT2D eigenvalue weighted by molar-refractivity contribution is -0.0113. The van der Waals surface area contributed by atoms with Crippen LogP contribution in [0, 0.1) is 0 Å². The van der Waals surface area contributed by atoms with Crippen LogP contribution >= 0.6 is 0 Å². The van der Waals surface area contributed by atoms with Crippen LogP contribution in [0.25, 0.3) is 0 Å². The highest BCUT2D eigenvalue weighted by molar-refractivity contribution is 5.69. The van der Waals surface area contributed by atoms with Crippen LogP contribution in [0.2, 0.25) is 0 Å². The Morgan fingerprint density at radius 3 is 2.37 bits per heavy atom. The predicted molar refractivity (Wildman–Crippen MR) is 77.0 cm³/mol. The van der Waals surface area contributed by atoms with Gasteiger partial charge in [-0.1, -0.05) is 24.3 Å². The Hall–Kier alpha value is -1.25. The summed E-state index contributed by atoms with van der Waals surface area (Å²) in [6, 6.07) is 0.627. The molecular weight excluding hydrogens is 238 g/mol. The first-order chi connectivity index (χ1) is 8.90. The third-order valence-electron chi connectivity index (χ3n) is 3.81. The summed E-state index contributed by atoms with van der Waals surface area (Å²) < 4.78 is 5.56. The van der Waals surface area contributed by atoms with E-state index < -0.39 is 5.60 Å². The van der Waals surface area contributed by atoms with E-state index in [2.05, 4.69) is 12.7 Å². The van der Waals surface area contributed by atoms with E-state index >= 15 is 0 Å². The van der Waals surface area contributed by atoms with Crippen LogP contribution in [-0.2, 0) is 4.74 Å². The number of piperidine rings is 2. The van der Waals surface area contributed by atoms with Crippen LogP contribution in [0.1, 0.15) is 52.9 Å². The second-order valence-electron chi connectivity index (χ2n) is 6.60. The van der Waals surface area contributed by atoms with Crippen LogP contribution in [0.5, 0.6) is 0 Å². The normalized spacial score (nSPS) is 26.9. The van der Waals surface area contributed by atoms with Gasteiger partial charge >= 0.3 is 6.09 Å². The number of ether oxygens (including phenoxy) is 1. The van der Waals surface area contributed by atoms with Crippen molar-refractivity contribution in [3.63, 3.8) is 0 Å². The smallest absolute Gasteiger partial charge is 0.410 e. The van der Waals surface area contributed by atoms with Gasteiger partial charge in [0.2, 0.25) is 0 Å². The van der Waals surface area contributed by atoms with E-state index in [0.29, 0.717) is 12.1 Å². The van der Waals surface area contributed by atoms with Gasteiger partial charge in [-0.15, -0.1) is 0 Å². The van der Waals surface area contributed by atoms with Gasteiger partial charge in [0.15, 0.2) is 0 Å². The summed E-state index contributed by atoms with van der Waals surface area (Å²) in [6.45, 7) is 9.54. The van der Waals surface area contributed by atoms with Gasteiger partial charge in [0.1, 0.15) is 5.60 Å². The minimum Gasteiger partial charge on any atom is -0.444 e. The standard InChI is InChI=1S/C16H25NO2/c1-5-7-12-10-13-8-6-9-14(11-12)17(13)15(18)19-16(2,3)4/h5,7,13-14H,1,6,8-11H2,2-4H3. The number of amides is 1. The Morgan fingerprint density at radius 1 is 1.32 bits per heavy atom. The van der Waals surface area contributed by atoms with E-state index in [4.69, 9.17) is 4.74 Å². The molecule has 2 rings (SSSR count). The average Bonchev–Trinajstić information content (AvgIpc) is 2.25. The first kappa shape index (κ1) is 14.2. The predicted octanol–water partition coefficient (Wildman–Crippen LogP) is 4.05. The number of nitrogens with zero attached hydrogens (tertiary/aromatic N) is 1. The fourth-order valence-electron chi connectivity index (χ4n) is 3.17. The van der Waals surface area contributed by atoms with Crippen molar-refractivity contribution in [3.05, 3.63) is 24.3 Å². The molecule has 2 atom stereocenters. The van der Waals surface area contributed by atoms with Gasteiger partial charge < -0.3 is 9.64 Å². The van der Waals surface area contributed by atoms with Gasteiger partial charge in [-0.25, -0.2) is 4.79 Å². The molecular formula is C16H25NO2. The molecule has 2 unspecified atom stereocenters. The molecule has 0 saturated carbocycles. The first-order valence-corrected chi connectivity index (χ1v) is 7.22. The highest BCUT2D eigenvalue weighted by Gasteiger charge is 2.40. The fourth-order valence-corrected chi connectivity index (χ4v) is 3.17. The molecule has 19 heavy (non-hydrogen) atoms. The molecule has 2 bridgehead atoms. The van der Waals surface area contributed by atoms with E-state index in [1.54, 1.807) is 0 Å². The van der Waals surface area contributed by atoms with Gasteiger partial charge in [0.05, 0.1) is 0 Å². The lowest BCUT2D eigenvalue weighted by Crippen LogP contribution is -2.54. The van der Waals surface area contributed by atoms with Crippen molar-refractivity contribution in [2.45, 2.75) is 70.6 Å². The molecule has 0 aromatic heterocycles. The summed E-state index contributed by atoms with van der Waals surface area (Å²) in [5.41, 5.74) is 1.01. The van der Waals surface area contributed by atoms with Crippen molar-refractivity contribution in [1.29, 1.82) is 0 Å². The zero-order chi connectivity index (χ0) is 14.0. The van der Waals surface area contributed by atoms with Gasteiger partial charge in [-0.3, -0.25) is 0 Å². The molecule has 3 heteroatoms. The molecule has 0 aliphatic carbocycles. The van der Waals surface area contributed by atoms with Crippen molar-refractivity contribution < 1.29 is 9.53 Å². The van der Waals surface area contributed by atoms with Crippen molar-refractivity contribution in [1.82, 2.24) is 4.90 Å². The summed E-state index contributed by atoms with van der Waals surface area (Å²) in [5, 5.41) is 0. The van der Waals surface area contributed by atoms with Crippen LogP contribution in [0.4, 0.5) is 4.79 Å². The monoisotopic (exact) mass is 263 g/mol. The molecule has 0 N–H and O–H groups in total. The lowest BCUT2D eigenvalue weighted by Gasteiger charge is -2.46. The van der Waals surface area contributed by atoms with Gasteiger partial charge in [0.25, 0.3) is 0 Å². The van der Waals surface area contributed by atoms with E-state index in [-0.39, 0.29) is 6.09 Å². The van der Waals surface area contributed by atoms with Crippen molar-refractivity contribution in [3.8, 4) is 0 Å². The van der Waals surface area contributed by atoms with Gasteiger partial charge in [-0.2, -0.15) is 0 Å². The van der Waals surface area contributed by atoms with Crippen LogP contribution in [0.3, 0.4) is 0 Å². The molecule has 2 aliphatic rings. The average molecular weight is 263 g/mol. The van der Waals surface area contributed by atoms with E-state index in [9.17, 15) is 4.79 Å². The molecule has 2 aliphatic heterocycles. The third-order valence-corrected chi connectivity index (χ3v) is 3.81. The molecule has 0 aromatic rings. The Kier molecular flexibility index (Phi) is 4.02. The topological polar surface area (TPSA) is 29.5 Å². The van der Waals surface area contributed by atoms with E-state index in [0.717, 1.165) is 25.7 Å². The number of carbonyl (C=O) groups is 1. The molecule has 2 saturated heterocycles. The summed E-state index contributed by atoms with van der Waals surface area (Å²) in [4.78, 5) is 14.4. The van der Waals surface area contributed by atoms with E-state index in [1.165, 1.54) is 12.0 Å². The minimum absolute atomic E-state index is 0.139. The summed E-state index contributed by atoms with van der Waals surface area (Å²) >= 11 is 0. The van der Waals surface area contributed by atoms with Crippen molar-refractivity contribution in [2.75, 3.05) is 0 Å².